The van der Waals surface area contributed by atoms with Crippen molar-refractivity contribution >= 4 is 10.0 Å². The summed E-state index contributed by atoms with van der Waals surface area (Å²) in [4.78, 5) is 3.85. The third-order valence-corrected chi connectivity index (χ3v) is 5.45. The molecule has 2 heterocycles. The first-order valence-electron chi connectivity index (χ1n) is 7.18. The topological polar surface area (TPSA) is 86.1 Å². The summed E-state index contributed by atoms with van der Waals surface area (Å²) in [5.74, 6) is 0. The molecule has 114 valence electrons. The van der Waals surface area contributed by atoms with Crippen LogP contribution in [0.2, 0.25) is 0 Å². The van der Waals surface area contributed by atoms with Crippen LogP contribution in [0.5, 0.6) is 0 Å². The van der Waals surface area contributed by atoms with Crippen LogP contribution in [0, 0.1) is 11.3 Å². The van der Waals surface area contributed by atoms with E-state index in [0.717, 1.165) is 25.8 Å². The van der Waals surface area contributed by atoms with Crippen molar-refractivity contribution in [2.24, 2.45) is 0 Å². The van der Waals surface area contributed by atoms with Gasteiger partial charge >= 0.3 is 0 Å². The van der Waals surface area contributed by atoms with Crippen LogP contribution in [-0.2, 0) is 10.0 Å². The van der Waals surface area contributed by atoms with Crippen LogP contribution < -0.4 is 5.32 Å². The molecule has 1 fully saturated rings. The van der Waals surface area contributed by atoms with Crippen LogP contribution in [0.3, 0.4) is 0 Å². The Balaban J connectivity index is 2.30. The van der Waals surface area contributed by atoms with Gasteiger partial charge in [-0.1, -0.05) is 6.92 Å². The molecule has 21 heavy (non-hydrogen) atoms. The first kappa shape index (κ1) is 15.9. The van der Waals surface area contributed by atoms with Crippen molar-refractivity contribution < 1.29 is 8.42 Å². The number of hydrogen-bond acceptors (Lipinski definition) is 5. The molecule has 1 unspecified atom stereocenters. The Morgan fingerprint density at radius 2 is 2.38 bits per heavy atom. The second-order valence-corrected chi connectivity index (χ2v) is 7.02. The van der Waals surface area contributed by atoms with E-state index in [-0.39, 0.29) is 16.6 Å². The van der Waals surface area contributed by atoms with Gasteiger partial charge in [-0.05, 0) is 37.9 Å². The quantitative estimate of drug-likeness (QED) is 0.850. The van der Waals surface area contributed by atoms with E-state index in [9.17, 15) is 8.42 Å². The highest BCUT2D eigenvalue weighted by Crippen LogP contribution is 2.20. The average Bonchev–Trinajstić information content (AvgIpc) is 3.00. The largest absolute Gasteiger partial charge is 0.313 e. The molecule has 7 heteroatoms. The first-order chi connectivity index (χ1) is 10.1. The number of sulfonamides is 1. The lowest BCUT2D eigenvalue weighted by atomic mass is 10.2. The van der Waals surface area contributed by atoms with Crippen LogP contribution in [0.25, 0.3) is 0 Å². The van der Waals surface area contributed by atoms with E-state index < -0.39 is 10.0 Å². The number of pyridine rings is 1. The Bertz CT molecular complexity index is 618. The summed E-state index contributed by atoms with van der Waals surface area (Å²) in [7, 11) is -3.69. The van der Waals surface area contributed by atoms with Gasteiger partial charge in [0.1, 0.15) is 11.0 Å². The number of rotatable bonds is 6. The molecule has 1 aromatic heterocycles. The second kappa shape index (κ2) is 6.98. The Morgan fingerprint density at radius 3 is 3.00 bits per heavy atom. The normalized spacial score (nSPS) is 18.8. The number of hydrogen-bond donors (Lipinski definition) is 1. The Morgan fingerprint density at radius 1 is 1.57 bits per heavy atom. The van der Waals surface area contributed by atoms with E-state index in [1.54, 1.807) is 6.07 Å². The van der Waals surface area contributed by atoms with Crippen molar-refractivity contribution in [3.63, 3.8) is 0 Å². The highest BCUT2D eigenvalue weighted by atomic mass is 32.2. The highest BCUT2D eigenvalue weighted by molar-refractivity contribution is 7.89. The minimum Gasteiger partial charge on any atom is -0.313 e. The van der Waals surface area contributed by atoms with Crippen molar-refractivity contribution in [2.75, 3.05) is 19.6 Å². The summed E-state index contributed by atoms with van der Waals surface area (Å²) < 4.78 is 27.1. The fourth-order valence-corrected chi connectivity index (χ4v) is 4.21. The molecule has 1 aliphatic rings. The standard InChI is InChI=1S/C14H20N4O2S/c1-2-9-18(11-12-5-3-7-16-12)21(19,20)14-6-4-8-17-13(14)10-15/h4,6,8,12,16H,2-3,5,7,9,11H2,1H3. The third kappa shape index (κ3) is 3.59. The molecule has 1 aliphatic heterocycles. The Kier molecular flexibility index (Phi) is 5.28. The van der Waals surface area contributed by atoms with Gasteiger partial charge in [0.2, 0.25) is 10.0 Å². The molecule has 1 N–H and O–H groups in total. The summed E-state index contributed by atoms with van der Waals surface area (Å²) in [5.41, 5.74) is -0.0435. The monoisotopic (exact) mass is 308 g/mol. The van der Waals surface area contributed by atoms with Gasteiger partial charge in [-0.15, -0.1) is 0 Å². The molecule has 0 saturated carbocycles. The zero-order valence-electron chi connectivity index (χ0n) is 12.1. The third-order valence-electron chi connectivity index (χ3n) is 3.55. The maximum atomic E-state index is 12.8. The summed E-state index contributed by atoms with van der Waals surface area (Å²) in [5, 5.41) is 12.4. The van der Waals surface area contributed by atoms with E-state index in [0.29, 0.717) is 13.1 Å². The van der Waals surface area contributed by atoms with Crippen LogP contribution >= 0.6 is 0 Å². The van der Waals surface area contributed by atoms with Crippen LogP contribution in [0.1, 0.15) is 31.9 Å². The summed E-state index contributed by atoms with van der Waals surface area (Å²) in [6, 6.07) is 5.05. The van der Waals surface area contributed by atoms with Gasteiger partial charge in [0.15, 0.2) is 5.69 Å². The summed E-state index contributed by atoms with van der Waals surface area (Å²) >= 11 is 0. The van der Waals surface area contributed by atoms with Crippen LogP contribution in [0.4, 0.5) is 0 Å². The molecule has 0 radical (unpaired) electrons. The number of aromatic nitrogens is 1. The van der Waals surface area contributed by atoms with Crippen molar-refractivity contribution in [2.45, 2.75) is 37.1 Å². The SMILES string of the molecule is CCCN(CC1CCCN1)S(=O)(=O)c1cccnc1C#N. The van der Waals surface area contributed by atoms with Gasteiger partial charge < -0.3 is 5.32 Å². The Labute approximate surface area is 125 Å². The lowest BCUT2D eigenvalue weighted by Crippen LogP contribution is -2.41. The van der Waals surface area contributed by atoms with E-state index in [2.05, 4.69) is 10.3 Å². The summed E-state index contributed by atoms with van der Waals surface area (Å²) in [6.07, 6.45) is 4.21. The highest BCUT2D eigenvalue weighted by Gasteiger charge is 2.30. The van der Waals surface area contributed by atoms with E-state index in [4.69, 9.17) is 5.26 Å². The van der Waals surface area contributed by atoms with Crippen LogP contribution in [-0.4, -0.2) is 43.4 Å². The molecule has 0 aliphatic carbocycles. The minimum absolute atomic E-state index is 0.000975. The Hall–Kier alpha value is -1.49. The lowest BCUT2D eigenvalue weighted by Gasteiger charge is -2.25. The number of nitrogens with zero attached hydrogens (tertiary/aromatic N) is 3. The molecular formula is C14H20N4O2S. The molecule has 0 amide bonds. The summed E-state index contributed by atoms with van der Waals surface area (Å²) in [6.45, 7) is 3.76. The molecule has 0 aromatic carbocycles. The van der Waals surface area contributed by atoms with Gasteiger partial charge in [-0.25, -0.2) is 13.4 Å². The molecule has 1 aromatic rings. The molecule has 2 rings (SSSR count). The molecule has 1 saturated heterocycles. The fourth-order valence-electron chi connectivity index (χ4n) is 2.54. The van der Waals surface area contributed by atoms with Gasteiger partial charge in [0.05, 0.1) is 0 Å². The van der Waals surface area contributed by atoms with Crippen molar-refractivity contribution in [3.8, 4) is 6.07 Å². The van der Waals surface area contributed by atoms with Gasteiger partial charge in [0.25, 0.3) is 0 Å². The first-order valence-corrected chi connectivity index (χ1v) is 8.62. The molecular weight excluding hydrogens is 288 g/mol. The maximum Gasteiger partial charge on any atom is 0.246 e. The molecule has 0 bridgehead atoms. The predicted octanol–water partition coefficient (Wildman–Crippen LogP) is 1.11. The molecule has 0 spiro atoms. The average molecular weight is 308 g/mol. The smallest absolute Gasteiger partial charge is 0.246 e. The number of nitriles is 1. The van der Waals surface area contributed by atoms with E-state index in [1.165, 1.54) is 16.6 Å². The van der Waals surface area contributed by atoms with Gasteiger partial charge in [-0.3, -0.25) is 0 Å². The van der Waals surface area contributed by atoms with Crippen LogP contribution in [0.15, 0.2) is 23.2 Å². The molecule has 6 nitrogen and oxygen atoms in total. The zero-order chi connectivity index (χ0) is 15.3. The lowest BCUT2D eigenvalue weighted by molar-refractivity contribution is 0.369. The maximum absolute atomic E-state index is 12.8. The van der Waals surface area contributed by atoms with Gasteiger partial charge in [0, 0.05) is 25.3 Å². The fraction of sp³-hybridized carbons (Fsp3) is 0.571. The second-order valence-electron chi connectivity index (χ2n) is 5.12. The van der Waals surface area contributed by atoms with E-state index >= 15 is 0 Å². The zero-order valence-corrected chi connectivity index (χ0v) is 12.9. The molecule has 1 atom stereocenters. The van der Waals surface area contributed by atoms with Gasteiger partial charge in [-0.2, -0.15) is 9.57 Å². The van der Waals surface area contributed by atoms with E-state index in [1.807, 2.05) is 13.0 Å². The van der Waals surface area contributed by atoms with Crippen molar-refractivity contribution in [3.05, 3.63) is 24.0 Å². The van der Waals surface area contributed by atoms with Crippen molar-refractivity contribution in [1.29, 1.82) is 5.26 Å². The minimum atomic E-state index is -3.69. The number of nitrogens with one attached hydrogen (secondary N) is 1. The predicted molar refractivity (Wildman–Crippen MR) is 79.0 cm³/mol. The van der Waals surface area contributed by atoms with Crippen molar-refractivity contribution in [1.82, 2.24) is 14.6 Å².